The van der Waals surface area contributed by atoms with Crippen LogP contribution in [-0.4, -0.2) is 15.8 Å². The van der Waals surface area contributed by atoms with E-state index in [-0.39, 0.29) is 16.3 Å². The molecule has 6 nitrogen and oxygen atoms in total. The van der Waals surface area contributed by atoms with Gasteiger partial charge in [-0.3, -0.25) is 20.2 Å². The lowest BCUT2D eigenvalue weighted by Gasteiger charge is -2.03. The zero-order chi connectivity index (χ0) is 18.0. The zero-order valence-electron chi connectivity index (χ0n) is 12.4. The fourth-order valence-corrected chi connectivity index (χ4v) is 3.10. The van der Waals surface area contributed by atoms with E-state index in [1.54, 1.807) is 17.5 Å². The number of halogens is 2. The van der Waals surface area contributed by atoms with Crippen molar-refractivity contribution in [2.45, 2.75) is 0 Å². The first kappa shape index (κ1) is 17.3. The van der Waals surface area contributed by atoms with Crippen LogP contribution >= 0.6 is 34.5 Å². The molecule has 2 aromatic carbocycles. The van der Waals surface area contributed by atoms with Crippen LogP contribution in [0.4, 0.5) is 10.8 Å². The highest BCUT2D eigenvalue weighted by Crippen LogP contribution is 2.28. The molecule has 25 heavy (non-hydrogen) atoms. The number of carbonyl (C=O) groups excluding carboxylic acids is 1. The Bertz CT molecular complexity index is 958. The van der Waals surface area contributed by atoms with Gasteiger partial charge < -0.3 is 0 Å². The van der Waals surface area contributed by atoms with Gasteiger partial charge in [-0.1, -0.05) is 35.3 Å². The Kier molecular flexibility index (Phi) is 4.98. The Morgan fingerprint density at radius 2 is 1.80 bits per heavy atom. The molecule has 0 aliphatic carbocycles. The number of nitro benzene ring substituents is 1. The van der Waals surface area contributed by atoms with Gasteiger partial charge in [0.1, 0.15) is 5.56 Å². The number of rotatable bonds is 4. The van der Waals surface area contributed by atoms with E-state index in [1.165, 1.54) is 23.5 Å². The van der Waals surface area contributed by atoms with Crippen molar-refractivity contribution in [1.82, 2.24) is 4.98 Å². The largest absolute Gasteiger partial charge is 0.298 e. The van der Waals surface area contributed by atoms with Gasteiger partial charge in [0.15, 0.2) is 5.13 Å². The van der Waals surface area contributed by atoms with Gasteiger partial charge in [-0.15, -0.1) is 11.3 Å². The molecule has 0 bridgehead atoms. The van der Waals surface area contributed by atoms with Crippen LogP contribution in [-0.2, 0) is 0 Å². The lowest BCUT2D eigenvalue weighted by molar-refractivity contribution is -0.385. The molecule has 0 radical (unpaired) electrons. The number of amides is 1. The predicted octanol–water partition coefficient (Wildman–Crippen LogP) is 5.28. The summed E-state index contributed by atoms with van der Waals surface area (Å²) in [6, 6.07) is 11.0. The Labute approximate surface area is 156 Å². The molecule has 1 N–H and O–H groups in total. The lowest BCUT2D eigenvalue weighted by atomic mass is 10.1. The van der Waals surface area contributed by atoms with Crippen LogP contribution in [0.25, 0.3) is 11.3 Å². The molecule has 0 fully saturated rings. The van der Waals surface area contributed by atoms with Crippen molar-refractivity contribution in [3.05, 3.63) is 73.6 Å². The summed E-state index contributed by atoms with van der Waals surface area (Å²) in [5, 5.41) is 16.6. The molecule has 0 aliphatic rings. The molecule has 0 saturated carbocycles. The van der Waals surface area contributed by atoms with Crippen molar-refractivity contribution in [3.63, 3.8) is 0 Å². The highest BCUT2D eigenvalue weighted by molar-refractivity contribution is 7.14. The fraction of sp³-hybridized carbons (Fsp3) is 0. The van der Waals surface area contributed by atoms with Crippen molar-refractivity contribution in [2.75, 3.05) is 5.32 Å². The SMILES string of the molecule is O=C(Nc1nc(-c2ccc(Cl)cc2)cs1)c1ccc(Cl)cc1[N+](=O)[O-]. The molecule has 0 aliphatic heterocycles. The molecular formula is C16H9Cl2N3O3S. The molecule has 9 heteroatoms. The van der Waals surface area contributed by atoms with Gasteiger partial charge >= 0.3 is 0 Å². The topological polar surface area (TPSA) is 85.1 Å². The number of thiazole rings is 1. The fourth-order valence-electron chi connectivity index (χ4n) is 2.10. The Hall–Kier alpha value is -2.48. The molecule has 0 atom stereocenters. The maximum atomic E-state index is 12.3. The van der Waals surface area contributed by atoms with Gasteiger partial charge in [-0.25, -0.2) is 4.98 Å². The van der Waals surface area contributed by atoms with Crippen LogP contribution in [0, 0.1) is 10.1 Å². The quantitative estimate of drug-likeness (QED) is 0.482. The summed E-state index contributed by atoms with van der Waals surface area (Å²) in [7, 11) is 0. The van der Waals surface area contributed by atoms with E-state index in [2.05, 4.69) is 10.3 Å². The van der Waals surface area contributed by atoms with Crippen LogP contribution in [0.15, 0.2) is 47.8 Å². The predicted molar refractivity (Wildman–Crippen MR) is 98.6 cm³/mol. The van der Waals surface area contributed by atoms with E-state index in [9.17, 15) is 14.9 Å². The third-order valence-electron chi connectivity index (χ3n) is 3.27. The molecule has 126 valence electrons. The first-order chi connectivity index (χ1) is 11.9. The van der Waals surface area contributed by atoms with Gasteiger partial charge in [-0.05, 0) is 24.3 Å². The van der Waals surface area contributed by atoms with E-state index in [0.29, 0.717) is 15.8 Å². The van der Waals surface area contributed by atoms with Crippen LogP contribution in [0.1, 0.15) is 10.4 Å². The number of anilines is 1. The molecular weight excluding hydrogens is 385 g/mol. The van der Waals surface area contributed by atoms with Crippen molar-refractivity contribution in [3.8, 4) is 11.3 Å². The molecule has 3 rings (SSSR count). The third kappa shape index (κ3) is 3.96. The summed E-state index contributed by atoms with van der Waals surface area (Å²) in [6.45, 7) is 0. The van der Waals surface area contributed by atoms with Crippen LogP contribution in [0.5, 0.6) is 0 Å². The molecule has 1 heterocycles. The van der Waals surface area contributed by atoms with E-state index < -0.39 is 10.8 Å². The summed E-state index contributed by atoms with van der Waals surface area (Å²) in [4.78, 5) is 27.1. The minimum absolute atomic E-state index is 0.0855. The second-order valence-corrected chi connectivity index (χ2v) is 6.65. The van der Waals surface area contributed by atoms with E-state index >= 15 is 0 Å². The zero-order valence-corrected chi connectivity index (χ0v) is 14.7. The van der Waals surface area contributed by atoms with Crippen LogP contribution in [0.2, 0.25) is 10.0 Å². The minimum atomic E-state index is -0.651. The number of aromatic nitrogens is 1. The summed E-state index contributed by atoms with van der Waals surface area (Å²) in [6.07, 6.45) is 0. The van der Waals surface area contributed by atoms with E-state index in [0.717, 1.165) is 11.6 Å². The first-order valence-corrected chi connectivity index (χ1v) is 8.54. The van der Waals surface area contributed by atoms with Crippen molar-refractivity contribution < 1.29 is 9.72 Å². The number of nitro groups is 1. The highest BCUT2D eigenvalue weighted by Gasteiger charge is 2.21. The van der Waals surface area contributed by atoms with Gasteiger partial charge in [0.25, 0.3) is 11.6 Å². The molecule has 1 aromatic heterocycles. The molecule has 0 spiro atoms. The summed E-state index contributed by atoms with van der Waals surface area (Å²) >= 11 is 12.8. The monoisotopic (exact) mass is 393 g/mol. The maximum Gasteiger partial charge on any atom is 0.283 e. The molecule has 0 unspecified atom stereocenters. The Morgan fingerprint density at radius 1 is 1.12 bits per heavy atom. The average molecular weight is 394 g/mol. The van der Waals surface area contributed by atoms with Crippen molar-refractivity contribution in [2.24, 2.45) is 0 Å². The van der Waals surface area contributed by atoms with Crippen LogP contribution in [0.3, 0.4) is 0 Å². The highest BCUT2D eigenvalue weighted by atomic mass is 35.5. The molecule has 1 amide bonds. The van der Waals surface area contributed by atoms with Gasteiger partial charge in [0, 0.05) is 27.1 Å². The minimum Gasteiger partial charge on any atom is -0.298 e. The smallest absolute Gasteiger partial charge is 0.283 e. The maximum absolute atomic E-state index is 12.3. The second-order valence-electron chi connectivity index (χ2n) is 4.92. The first-order valence-electron chi connectivity index (χ1n) is 6.91. The number of hydrogen-bond donors (Lipinski definition) is 1. The molecule has 0 saturated heterocycles. The standard InChI is InChI=1S/C16H9Cl2N3O3S/c17-10-3-1-9(2-4-10)13-8-25-16(19-13)20-15(22)12-6-5-11(18)7-14(12)21(23)24/h1-8H,(H,19,20,22). The van der Waals surface area contributed by atoms with Gasteiger partial charge in [-0.2, -0.15) is 0 Å². The molecule has 3 aromatic rings. The van der Waals surface area contributed by atoms with Gasteiger partial charge in [0.05, 0.1) is 10.6 Å². The average Bonchev–Trinajstić information content (AvgIpc) is 3.03. The van der Waals surface area contributed by atoms with Crippen molar-refractivity contribution in [1.29, 1.82) is 0 Å². The third-order valence-corrected chi connectivity index (χ3v) is 4.51. The Morgan fingerprint density at radius 3 is 2.48 bits per heavy atom. The number of nitrogens with one attached hydrogen (secondary N) is 1. The van der Waals surface area contributed by atoms with Gasteiger partial charge in [0.2, 0.25) is 0 Å². The summed E-state index contributed by atoms with van der Waals surface area (Å²) < 4.78 is 0. The van der Waals surface area contributed by atoms with Crippen molar-refractivity contribution >= 4 is 51.3 Å². The van der Waals surface area contributed by atoms with E-state index in [4.69, 9.17) is 23.2 Å². The number of hydrogen-bond acceptors (Lipinski definition) is 5. The lowest BCUT2D eigenvalue weighted by Crippen LogP contribution is -2.13. The van der Waals surface area contributed by atoms with Crippen LogP contribution < -0.4 is 5.32 Å². The normalized spacial score (nSPS) is 10.5. The summed E-state index contributed by atoms with van der Waals surface area (Å²) in [5.41, 5.74) is 1.07. The number of carbonyl (C=O) groups is 1. The summed E-state index contributed by atoms with van der Waals surface area (Å²) in [5.74, 6) is -0.625. The second kappa shape index (κ2) is 7.18. The number of nitrogens with zero attached hydrogens (tertiary/aromatic N) is 2. The van der Waals surface area contributed by atoms with E-state index in [1.807, 2.05) is 12.1 Å². The Balaban J connectivity index is 1.83. The number of benzene rings is 2.